The van der Waals surface area contributed by atoms with Crippen molar-refractivity contribution in [3.05, 3.63) is 29.3 Å². The molecule has 1 rings (SSSR count). The Morgan fingerprint density at radius 2 is 1.94 bits per heavy atom. The van der Waals surface area contributed by atoms with E-state index in [0.717, 1.165) is 15.7 Å². The van der Waals surface area contributed by atoms with E-state index in [1.54, 1.807) is 25.6 Å². The molecule has 1 aromatic rings. The van der Waals surface area contributed by atoms with Crippen molar-refractivity contribution < 1.29 is 9.90 Å². The van der Waals surface area contributed by atoms with Gasteiger partial charge in [-0.25, -0.2) is 0 Å². The molecule has 2 nitrogen and oxygen atoms in total. The summed E-state index contributed by atoms with van der Waals surface area (Å²) in [7, 11) is 0. The van der Waals surface area contributed by atoms with Crippen LogP contribution in [-0.4, -0.2) is 16.8 Å². The van der Waals surface area contributed by atoms with Gasteiger partial charge in [0.1, 0.15) is 0 Å². The van der Waals surface area contributed by atoms with E-state index in [4.69, 9.17) is 16.7 Å². The topological polar surface area (TPSA) is 37.3 Å². The van der Waals surface area contributed by atoms with Gasteiger partial charge in [0, 0.05) is 9.92 Å². The number of hydrogen-bond acceptors (Lipinski definition) is 2. The summed E-state index contributed by atoms with van der Waals surface area (Å²) in [6, 6.07) is 7.57. The van der Waals surface area contributed by atoms with Crippen LogP contribution in [0.5, 0.6) is 0 Å². The van der Waals surface area contributed by atoms with Gasteiger partial charge in [0.25, 0.3) is 0 Å². The van der Waals surface area contributed by atoms with Crippen LogP contribution < -0.4 is 0 Å². The fraction of sp³-hybridized carbons (Fsp3) is 0.417. The molecule has 0 saturated carbocycles. The van der Waals surface area contributed by atoms with Crippen LogP contribution in [0.15, 0.2) is 29.2 Å². The van der Waals surface area contributed by atoms with Gasteiger partial charge >= 0.3 is 5.97 Å². The molecule has 0 aliphatic heterocycles. The van der Waals surface area contributed by atoms with Crippen molar-refractivity contribution in [2.24, 2.45) is 5.41 Å². The third-order valence-electron chi connectivity index (χ3n) is 2.39. The second kappa shape index (κ2) is 5.60. The summed E-state index contributed by atoms with van der Waals surface area (Å²) in [4.78, 5) is 12.0. The fourth-order valence-electron chi connectivity index (χ4n) is 1.06. The molecular formula is C12H15ClO2S. The van der Waals surface area contributed by atoms with E-state index in [2.05, 4.69) is 0 Å². The second-order valence-corrected chi connectivity index (χ2v) is 5.85. The summed E-state index contributed by atoms with van der Waals surface area (Å²) in [6.45, 7) is 3.50. The highest BCUT2D eigenvalue weighted by Crippen LogP contribution is 2.27. The van der Waals surface area contributed by atoms with Gasteiger partial charge in [-0.2, -0.15) is 0 Å². The Hall–Kier alpha value is -0.670. The van der Waals surface area contributed by atoms with E-state index in [9.17, 15) is 4.79 Å². The molecule has 16 heavy (non-hydrogen) atoms. The molecule has 1 N–H and O–H groups in total. The number of aliphatic carboxylic acids is 1. The Bertz CT molecular complexity index is 360. The number of halogens is 1. The van der Waals surface area contributed by atoms with Crippen LogP contribution in [0.4, 0.5) is 0 Å². The zero-order chi connectivity index (χ0) is 12.2. The Kier molecular flexibility index (Phi) is 4.69. The first kappa shape index (κ1) is 13.4. The molecule has 0 unspecified atom stereocenters. The number of carbonyl (C=O) groups is 1. The highest BCUT2D eigenvalue weighted by molar-refractivity contribution is 7.99. The molecule has 0 amide bonds. The largest absolute Gasteiger partial charge is 0.481 e. The molecule has 0 aromatic heterocycles. The SMILES string of the molecule is CC(C)(CCSc1ccc(Cl)cc1)C(=O)O. The fourth-order valence-corrected chi connectivity index (χ4v) is 2.36. The van der Waals surface area contributed by atoms with Crippen molar-refractivity contribution in [3.63, 3.8) is 0 Å². The molecule has 0 aliphatic carbocycles. The second-order valence-electron chi connectivity index (χ2n) is 4.24. The van der Waals surface area contributed by atoms with Gasteiger partial charge in [-0.15, -0.1) is 11.8 Å². The normalized spacial score (nSPS) is 11.4. The quantitative estimate of drug-likeness (QED) is 0.813. The first-order chi connectivity index (χ1) is 7.42. The lowest BCUT2D eigenvalue weighted by molar-refractivity contribution is -0.146. The van der Waals surface area contributed by atoms with Crippen molar-refractivity contribution in [3.8, 4) is 0 Å². The van der Waals surface area contributed by atoms with Crippen LogP contribution in [0, 0.1) is 5.41 Å². The summed E-state index contributed by atoms with van der Waals surface area (Å²) in [6.07, 6.45) is 0.648. The predicted molar refractivity (Wildman–Crippen MR) is 68.2 cm³/mol. The average molecular weight is 259 g/mol. The zero-order valence-corrected chi connectivity index (χ0v) is 10.9. The van der Waals surface area contributed by atoms with E-state index in [1.165, 1.54) is 0 Å². The minimum Gasteiger partial charge on any atom is -0.481 e. The Morgan fingerprint density at radius 3 is 2.44 bits per heavy atom. The average Bonchev–Trinajstić information content (AvgIpc) is 2.20. The first-order valence-electron chi connectivity index (χ1n) is 5.03. The van der Waals surface area contributed by atoms with Crippen molar-refractivity contribution >= 4 is 29.3 Å². The smallest absolute Gasteiger partial charge is 0.309 e. The van der Waals surface area contributed by atoms with Crippen LogP contribution in [0.25, 0.3) is 0 Å². The standard InChI is InChI=1S/C12H15ClO2S/c1-12(2,11(14)15)7-8-16-10-5-3-9(13)4-6-10/h3-6H,7-8H2,1-2H3,(H,14,15). The molecule has 0 bridgehead atoms. The summed E-state index contributed by atoms with van der Waals surface area (Å²) in [5.74, 6) is 0.0465. The molecule has 0 radical (unpaired) electrons. The molecule has 0 atom stereocenters. The van der Waals surface area contributed by atoms with E-state index in [1.807, 2.05) is 24.3 Å². The molecule has 0 heterocycles. The maximum atomic E-state index is 10.9. The number of carboxylic acid groups (broad SMARTS) is 1. The number of thioether (sulfide) groups is 1. The minimum atomic E-state index is -0.746. The maximum absolute atomic E-state index is 10.9. The molecule has 88 valence electrons. The predicted octanol–water partition coefficient (Wildman–Crippen LogP) is 3.93. The van der Waals surface area contributed by atoms with Crippen LogP contribution in [0.2, 0.25) is 5.02 Å². The molecule has 0 saturated heterocycles. The number of hydrogen-bond donors (Lipinski definition) is 1. The Balaban J connectivity index is 2.41. The third-order valence-corrected chi connectivity index (χ3v) is 3.65. The van der Waals surface area contributed by atoms with Crippen LogP contribution in [0.1, 0.15) is 20.3 Å². The van der Waals surface area contributed by atoms with Gasteiger partial charge in [0.2, 0.25) is 0 Å². The van der Waals surface area contributed by atoms with E-state index in [0.29, 0.717) is 6.42 Å². The van der Waals surface area contributed by atoms with Crippen LogP contribution in [0.3, 0.4) is 0 Å². The highest BCUT2D eigenvalue weighted by atomic mass is 35.5. The summed E-state index contributed by atoms with van der Waals surface area (Å²) in [5, 5.41) is 9.67. The van der Waals surface area contributed by atoms with E-state index < -0.39 is 11.4 Å². The van der Waals surface area contributed by atoms with Gasteiger partial charge in [0.15, 0.2) is 0 Å². The lowest BCUT2D eigenvalue weighted by Crippen LogP contribution is -2.24. The third kappa shape index (κ3) is 4.06. The highest BCUT2D eigenvalue weighted by Gasteiger charge is 2.26. The van der Waals surface area contributed by atoms with Crippen molar-refractivity contribution in [2.45, 2.75) is 25.2 Å². The van der Waals surface area contributed by atoms with Crippen molar-refractivity contribution in [2.75, 3.05) is 5.75 Å². The Labute approximate surface area is 105 Å². The molecule has 1 aromatic carbocycles. The van der Waals surface area contributed by atoms with Crippen molar-refractivity contribution in [1.29, 1.82) is 0 Å². The monoisotopic (exact) mass is 258 g/mol. The lowest BCUT2D eigenvalue weighted by atomic mass is 9.91. The number of rotatable bonds is 5. The van der Waals surface area contributed by atoms with Crippen molar-refractivity contribution in [1.82, 2.24) is 0 Å². The minimum absolute atomic E-state index is 0.648. The van der Waals surface area contributed by atoms with E-state index in [-0.39, 0.29) is 0 Å². The summed E-state index contributed by atoms with van der Waals surface area (Å²) in [5.41, 5.74) is -0.653. The molecule has 0 aliphatic rings. The number of benzene rings is 1. The van der Waals surface area contributed by atoms with Crippen LogP contribution in [-0.2, 0) is 4.79 Å². The molecule has 0 fully saturated rings. The van der Waals surface area contributed by atoms with E-state index >= 15 is 0 Å². The Morgan fingerprint density at radius 1 is 1.38 bits per heavy atom. The van der Waals surface area contributed by atoms with Gasteiger partial charge in [-0.1, -0.05) is 11.6 Å². The number of carboxylic acids is 1. The maximum Gasteiger partial charge on any atom is 0.309 e. The van der Waals surface area contributed by atoms with Gasteiger partial charge in [0.05, 0.1) is 5.41 Å². The summed E-state index contributed by atoms with van der Waals surface area (Å²) >= 11 is 7.42. The summed E-state index contributed by atoms with van der Waals surface area (Å²) < 4.78 is 0. The van der Waals surface area contributed by atoms with Gasteiger partial charge in [-0.3, -0.25) is 4.79 Å². The first-order valence-corrected chi connectivity index (χ1v) is 6.40. The van der Waals surface area contributed by atoms with Gasteiger partial charge < -0.3 is 5.11 Å². The molecule has 4 heteroatoms. The molecule has 0 spiro atoms. The lowest BCUT2D eigenvalue weighted by Gasteiger charge is -2.18. The zero-order valence-electron chi connectivity index (χ0n) is 9.37. The molecular weight excluding hydrogens is 244 g/mol. The van der Waals surface area contributed by atoms with Crippen LogP contribution >= 0.6 is 23.4 Å². The van der Waals surface area contributed by atoms with Gasteiger partial charge in [-0.05, 0) is 50.3 Å².